The van der Waals surface area contributed by atoms with Crippen LogP contribution in [0.15, 0.2) is 12.2 Å². The summed E-state index contributed by atoms with van der Waals surface area (Å²) in [5, 5.41) is 0. The average Bonchev–Trinajstić information content (AvgIpc) is 2.45. The summed E-state index contributed by atoms with van der Waals surface area (Å²) in [5.41, 5.74) is 0. The van der Waals surface area contributed by atoms with E-state index in [9.17, 15) is 4.79 Å². The van der Waals surface area contributed by atoms with Gasteiger partial charge in [-0.25, -0.2) is 0 Å². The van der Waals surface area contributed by atoms with Gasteiger partial charge in [0.1, 0.15) is 0 Å². The molecule has 0 aromatic heterocycles. The largest absolute Gasteiger partial charge is 0.344 e. The molecule has 1 saturated heterocycles. The minimum Gasteiger partial charge on any atom is -0.344 e. The summed E-state index contributed by atoms with van der Waals surface area (Å²) in [4.78, 5) is 10.8. The van der Waals surface area contributed by atoms with Gasteiger partial charge in [-0.3, -0.25) is 4.79 Å². The van der Waals surface area contributed by atoms with Crippen molar-refractivity contribution in [3.63, 3.8) is 0 Å². The van der Waals surface area contributed by atoms with Crippen molar-refractivity contribution in [2.24, 2.45) is 0 Å². The molecule has 3 nitrogen and oxygen atoms in total. The third-order valence-corrected chi connectivity index (χ3v) is 2.02. The van der Waals surface area contributed by atoms with Gasteiger partial charge in [-0.2, -0.15) is 0 Å². The second kappa shape index (κ2) is 2.43. The van der Waals surface area contributed by atoms with Gasteiger partial charge in [-0.05, 0) is 12.2 Å². The molecule has 60 valence electrons. The normalized spacial score (nSPS) is 28.2. The lowest BCUT2D eigenvalue weighted by Crippen LogP contribution is -2.30. The zero-order valence-corrected chi connectivity index (χ0v) is 6.21. The first kappa shape index (κ1) is 7.00. The molecule has 0 N–H and O–H groups in total. The second-order valence-electron chi connectivity index (χ2n) is 2.81. The van der Waals surface area contributed by atoms with Crippen molar-refractivity contribution in [2.75, 3.05) is 13.2 Å². The lowest BCUT2D eigenvalue weighted by Gasteiger charge is -2.25. The van der Waals surface area contributed by atoms with E-state index in [1.807, 2.05) is 0 Å². The molecule has 0 radical (unpaired) electrons. The van der Waals surface area contributed by atoms with Crippen molar-refractivity contribution in [1.29, 1.82) is 0 Å². The molecule has 2 rings (SSSR count). The number of ketones is 1. The molecule has 1 fully saturated rings. The number of hydrogen-bond donors (Lipinski definition) is 0. The van der Waals surface area contributed by atoms with Crippen LogP contribution in [0.4, 0.5) is 0 Å². The predicted molar refractivity (Wildman–Crippen MR) is 38.0 cm³/mol. The highest BCUT2D eigenvalue weighted by Gasteiger charge is 2.36. The molecular formula is C8H10O3. The third kappa shape index (κ3) is 1.21. The van der Waals surface area contributed by atoms with Crippen LogP contribution in [0.25, 0.3) is 0 Å². The summed E-state index contributed by atoms with van der Waals surface area (Å²) in [7, 11) is 0. The van der Waals surface area contributed by atoms with Crippen LogP contribution < -0.4 is 0 Å². The summed E-state index contributed by atoms with van der Waals surface area (Å²) in [6, 6.07) is 0. The SMILES string of the molecule is O=C1C=CC2(CC1)OCCO2. The van der Waals surface area contributed by atoms with E-state index in [0.29, 0.717) is 26.1 Å². The number of allylic oxidation sites excluding steroid dienone is 1. The maximum atomic E-state index is 10.8. The molecule has 0 aromatic rings. The first-order chi connectivity index (χ1) is 5.31. The molecule has 0 amide bonds. The van der Waals surface area contributed by atoms with Crippen LogP contribution in [0.3, 0.4) is 0 Å². The van der Waals surface area contributed by atoms with E-state index < -0.39 is 5.79 Å². The van der Waals surface area contributed by atoms with Crippen LogP contribution in [0, 0.1) is 0 Å². The highest BCUT2D eigenvalue weighted by Crippen LogP contribution is 2.29. The minimum atomic E-state index is -0.548. The molecular weight excluding hydrogens is 144 g/mol. The Morgan fingerprint density at radius 3 is 2.64 bits per heavy atom. The third-order valence-electron chi connectivity index (χ3n) is 2.02. The highest BCUT2D eigenvalue weighted by atomic mass is 16.7. The van der Waals surface area contributed by atoms with Crippen molar-refractivity contribution in [3.8, 4) is 0 Å². The Hall–Kier alpha value is -0.670. The Morgan fingerprint density at radius 1 is 1.36 bits per heavy atom. The van der Waals surface area contributed by atoms with Crippen molar-refractivity contribution in [2.45, 2.75) is 18.6 Å². The van der Waals surface area contributed by atoms with E-state index >= 15 is 0 Å². The van der Waals surface area contributed by atoms with Crippen LogP contribution >= 0.6 is 0 Å². The molecule has 11 heavy (non-hydrogen) atoms. The molecule has 0 bridgehead atoms. The van der Waals surface area contributed by atoms with Gasteiger partial charge in [0.25, 0.3) is 0 Å². The van der Waals surface area contributed by atoms with E-state index in [1.165, 1.54) is 0 Å². The molecule has 1 heterocycles. The maximum absolute atomic E-state index is 10.8. The van der Waals surface area contributed by atoms with Crippen molar-refractivity contribution in [3.05, 3.63) is 12.2 Å². The zero-order chi connectivity index (χ0) is 7.73. The van der Waals surface area contributed by atoms with Crippen LogP contribution in [0.1, 0.15) is 12.8 Å². The summed E-state index contributed by atoms with van der Waals surface area (Å²) in [5.74, 6) is -0.386. The Labute approximate surface area is 65.0 Å². The lowest BCUT2D eigenvalue weighted by molar-refractivity contribution is -0.136. The van der Waals surface area contributed by atoms with Gasteiger partial charge in [0.2, 0.25) is 0 Å². The fraction of sp³-hybridized carbons (Fsp3) is 0.625. The lowest BCUT2D eigenvalue weighted by atomic mass is 10.0. The Balaban J connectivity index is 2.15. The molecule has 0 atom stereocenters. The fourth-order valence-corrected chi connectivity index (χ4v) is 1.40. The van der Waals surface area contributed by atoms with Gasteiger partial charge in [0.15, 0.2) is 11.6 Å². The molecule has 1 aliphatic heterocycles. The Morgan fingerprint density at radius 2 is 2.09 bits per heavy atom. The molecule has 1 spiro atoms. The number of carbonyl (C=O) groups excluding carboxylic acids is 1. The molecule has 1 aliphatic carbocycles. The van der Waals surface area contributed by atoms with E-state index in [0.717, 1.165) is 0 Å². The minimum absolute atomic E-state index is 0.162. The molecule has 3 heteroatoms. The number of rotatable bonds is 0. The first-order valence-electron chi connectivity index (χ1n) is 3.81. The highest BCUT2D eigenvalue weighted by molar-refractivity contribution is 5.90. The zero-order valence-electron chi connectivity index (χ0n) is 6.21. The topological polar surface area (TPSA) is 35.5 Å². The van der Waals surface area contributed by atoms with Crippen molar-refractivity contribution < 1.29 is 14.3 Å². The molecule has 2 aliphatic rings. The van der Waals surface area contributed by atoms with Gasteiger partial charge in [0, 0.05) is 12.8 Å². The number of ether oxygens (including phenoxy) is 2. The summed E-state index contributed by atoms with van der Waals surface area (Å²) < 4.78 is 10.7. The summed E-state index contributed by atoms with van der Waals surface area (Å²) in [6.45, 7) is 1.27. The fourth-order valence-electron chi connectivity index (χ4n) is 1.40. The molecule has 0 unspecified atom stereocenters. The van der Waals surface area contributed by atoms with Crippen LogP contribution in [0.5, 0.6) is 0 Å². The van der Waals surface area contributed by atoms with Gasteiger partial charge >= 0.3 is 0 Å². The molecule has 0 saturated carbocycles. The monoisotopic (exact) mass is 154 g/mol. The van der Waals surface area contributed by atoms with E-state index in [4.69, 9.17) is 9.47 Å². The summed E-state index contributed by atoms with van der Waals surface area (Å²) >= 11 is 0. The van der Waals surface area contributed by atoms with Crippen LogP contribution in [-0.2, 0) is 14.3 Å². The van der Waals surface area contributed by atoms with E-state index in [2.05, 4.69) is 0 Å². The average molecular weight is 154 g/mol. The standard InChI is InChI=1S/C8H10O3/c9-7-1-3-8(4-2-7)10-5-6-11-8/h1,3H,2,4-6H2. The smallest absolute Gasteiger partial charge is 0.188 e. The quantitative estimate of drug-likeness (QED) is 0.514. The van der Waals surface area contributed by atoms with Crippen LogP contribution in [0.2, 0.25) is 0 Å². The number of carbonyl (C=O) groups is 1. The predicted octanol–water partition coefficient (Wildman–Crippen LogP) is 0.649. The second-order valence-corrected chi connectivity index (χ2v) is 2.81. The van der Waals surface area contributed by atoms with Crippen molar-refractivity contribution in [1.82, 2.24) is 0 Å². The van der Waals surface area contributed by atoms with Gasteiger partial charge in [-0.1, -0.05) is 0 Å². The van der Waals surface area contributed by atoms with E-state index in [1.54, 1.807) is 12.2 Å². The van der Waals surface area contributed by atoms with Crippen LogP contribution in [-0.4, -0.2) is 24.8 Å². The first-order valence-corrected chi connectivity index (χ1v) is 3.81. The molecule has 0 aromatic carbocycles. The summed E-state index contributed by atoms with van der Waals surface area (Å²) in [6.07, 6.45) is 4.49. The van der Waals surface area contributed by atoms with E-state index in [-0.39, 0.29) is 5.78 Å². The van der Waals surface area contributed by atoms with Gasteiger partial charge in [-0.15, -0.1) is 0 Å². The van der Waals surface area contributed by atoms with Gasteiger partial charge in [0.05, 0.1) is 13.2 Å². The Bertz CT molecular complexity index is 201. The number of hydrogen-bond acceptors (Lipinski definition) is 3. The van der Waals surface area contributed by atoms with Gasteiger partial charge < -0.3 is 9.47 Å². The maximum Gasteiger partial charge on any atom is 0.188 e. The Kier molecular flexibility index (Phi) is 1.55. The van der Waals surface area contributed by atoms with Crippen molar-refractivity contribution >= 4 is 5.78 Å².